The summed E-state index contributed by atoms with van der Waals surface area (Å²) in [5.74, 6) is -0.855. The Hall–Kier alpha value is -1.81. The first-order chi connectivity index (χ1) is 10.4. The van der Waals surface area contributed by atoms with Crippen LogP contribution in [0.4, 0.5) is 0 Å². The van der Waals surface area contributed by atoms with Gasteiger partial charge in [-0.25, -0.2) is 4.72 Å². The number of benzene rings is 1. The quantitative estimate of drug-likeness (QED) is 0.824. The second kappa shape index (κ2) is 5.43. The van der Waals surface area contributed by atoms with Crippen molar-refractivity contribution in [3.63, 3.8) is 0 Å². The van der Waals surface area contributed by atoms with Gasteiger partial charge in [0, 0.05) is 10.4 Å². The van der Waals surface area contributed by atoms with Crippen LogP contribution in [-0.2, 0) is 21.9 Å². The van der Waals surface area contributed by atoms with Crippen molar-refractivity contribution < 1.29 is 13.2 Å². The number of sulfonamides is 1. The third kappa shape index (κ3) is 3.02. The summed E-state index contributed by atoms with van der Waals surface area (Å²) in [7, 11) is -2.63. The number of amides is 1. The van der Waals surface area contributed by atoms with E-state index in [-0.39, 0.29) is 11.8 Å². The molecule has 116 valence electrons. The molecule has 1 fully saturated rings. The summed E-state index contributed by atoms with van der Waals surface area (Å²) < 4.78 is 26.9. The molecule has 8 nitrogen and oxygen atoms in total. The molecule has 0 radical (unpaired) electrons. The third-order valence-corrected chi connectivity index (χ3v) is 5.03. The minimum Gasteiger partial charge on any atom is -0.274 e. The molecule has 1 aromatic heterocycles. The number of nitrogens with one attached hydrogen (secondary N) is 1. The highest BCUT2D eigenvalue weighted by molar-refractivity contribution is 9.10. The van der Waals surface area contributed by atoms with E-state index in [0.717, 1.165) is 14.8 Å². The average Bonchev–Trinajstić information content (AvgIpc) is 3.13. The normalized spacial score (nSPS) is 20.6. The molecule has 0 saturated heterocycles. The van der Waals surface area contributed by atoms with E-state index in [1.165, 1.54) is 7.05 Å². The van der Waals surface area contributed by atoms with E-state index in [1.54, 1.807) is 0 Å². The summed E-state index contributed by atoms with van der Waals surface area (Å²) in [6, 6.07) is 7.62. The highest BCUT2D eigenvalue weighted by Gasteiger charge is 2.45. The molecule has 1 amide bonds. The number of carbonyl (C=O) groups excluding carboxylic acids is 1. The van der Waals surface area contributed by atoms with Crippen LogP contribution in [0.3, 0.4) is 0 Å². The summed E-state index contributed by atoms with van der Waals surface area (Å²) in [5, 5.41) is 9.92. The van der Waals surface area contributed by atoms with Crippen molar-refractivity contribution >= 4 is 31.9 Å². The predicted molar refractivity (Wildman–Crippen MR) is 79.1 cm³/mol. The first kappa shape index (κ1) is 15.1. The van der Waals surface area contributed by atoms with E-state index in [0.29, 0.717) is 6.42 Å². The zero-order chi connectivity index (χ0) is 15.9. The largest absolute Gasteiger partial charge is 0.308 e. The number of halogens is 1. The molecular weight excluding hydrogens is 374 g/mol. The maximum Gasteiger partial charge on any atom is 0.308 e. The van der Waals surface area contributed by atoms with Crippen molar-refractivity contribution in [2.24, 2.45) is 13.0 Å². The molecule has 3 rings (SSSR count). The third-order valence-electron chi connectivity index (χ3n) is 3.39. The molecule has 2 aromatic rings. The van der Waals surface area contributed by atoms with E-state index in [1.807, 2.05) is 29.0 Å². The predicted octanol–water partition coefficient (Wildman–Crippen LogP) is 0.581. The van der Waals surface area contributed by atoms with E-state index >= 15 is 0 Å². The van der Waals surface area contributed by atoms with Crippen LogP contribution in [0.2, 0.25) is 0 Å². The van der Waals surface area contributed by atoms with Gasteiger partial charge in [0.15, 0.2) is 0 Å². The number of tetrazole rings is 1. The topological polar surface area (TPSA) is 107 Å². The molecule has 1 saturated carbocycles. The molecule has 1 heterocycles. The second-order valence-corrected chi connectivity index (χ2v) is 7.52. The minimum atomic E-state index is -4.07. The molecule has 2 atom stereocenters. The summed E-state index contributed by atoms with van der Waals surface area (Å²) in [6.07, 6.45) is 0.622. The highest BCUT2D eigenvalue weighted by atomic mass is 79.9. The fourth-order valence-electron chi connectivity index (χ4n) is 2.19. The molecule has 1 aliphatic carbocycles. The molecule has 1 aromatic carbocycles. The first-order valence-electron chi connectivity index (χ1n) is 6.43. The summed E-state index contributed by atoms with van der Waals surface area (Å²) in [6.45, 7) is 0. The van der Waals surface area contributed by atoms with Crippen molar-refractivity contribution in [3.8, 4) is 0 Å². The Balaban J connectivity index is 1.68. The molecule has 0 unspecified atom stereocenters. The van der Waals surface area contributed by atoms with Gasteiger partial charge in [-0.15, -0.1) is 5.10 Å². The Kier molecular flexibility index (Phi) is 3.73. The lowest BCUT2D eigenvalue weighted by atomic mass is 10.1. The average molecular weight is 386 g/mol. The summed E-state index contributed by atoms with van der Waals surface area (Å²) in [5.41, 5.74) is 1.01. The van der Waals surface area contributed by atoms with Gasteiger partial charge in [0.1, 0.15) is 0 Å². The van der Waals surface area contributed by atoms with Crippen LogP contribution in [0.1, 0.15) is 17.9 Å². The Morgan fingerprint density at radius 3 is 2.64 bits per heavy atom. The molecule has 0 bridgehead atoms. The van der Waals surface area contributed by atoms with E-state index in [9.17, 15) is 13.2 Å². The zero-order valence-corrected chi connectivity index (χ0v) is 13.9. The van der Waals surface area contributed by atoms with E-state index < -0.39 is 21.1 Å². The minimum absolute atomic E-state index is 0.0399. The van der Waals surface area contributed by atoms with Crippen molar-refractivity contribution in [1.29, 1.82) is 0 Å². The number of aromatic nitrogens is 4. The number of hydrogen-bond acceptors (Lipinski definition) is 6. The molecule has 0 aliphatic heterocycles. The van der Waals surface area contributed by atoms with Crippen LogP contribution in [0, 0.1) is 5.92 Å². The maximum absolute atomic E-state index is 12.1. The van der Waals surface area contributed by atoms with E-state index in [4.69, 9.17) is 0 Å². The molecule has 10 heteroatoms. The Morgan fingerprint density at radius 1 is 1.36 bits per heavy atom. The Labute approximate surface area is 135 Å². The molecular formula is C12H12BrN5O3S. The van der Waals surface area contributed by atoms with Crippen LogP contribution in [0.15, 0.2) is 33.9 Å². The fraction of sp³-hybridized carbons (Fsp3) is 0.333. The van der Waals surface area contributed by atoms with Crippen molar-refractivity contribution in [1.82, 2.24) is 24.9 Å². The first-order valence-corrected chi connectivity index (χ1v) is 8.70. The van der Waals surface area contributed by atoms with Crippen LogP contribution < -0.4 is 4.72 Å². The zero-order valence-electron chi connectivity index (χ0n) is 11.5. The van der Waals surface area contributed by atoms with Crippen molar-refractivity contribution in [2.75, 3.05) is 0 Å². The van der Waals surface area contributed by atoms with Gasteiger partial charge in [-0.1, -0.05) is 33.2 Å². The van der Waals surface area contributed by atoms with Gasteiger partial charge < -0.3 is 0 Å². The fourth-order valence-corrected chi connectivity index (χ4v) is 3.33. The number of carbonyl (C=O) groups is 1. The van der Waals surface area contributed by atoms with Gasteiger partial charge >= 0.3 is 15.2 Å². The monoisotopic (exact) mass is 385 g/mol. The summed E-state index contributed by atoms with van der Waals surface area (Å²) in [4.78, 5) is 13.1. The lowest BCUT2D eigenvalue weighted by Crippen LogP contribution is -2.33. The number of rotatable bonds is 4. The smallest absolute Gasteiger partial charge is 0.274 e. The van der Waals surface area contributed by atoms with Gasteiger partial charge in [0.05, 0.1) is 7.05 Å². The number of aryl methyl sites for hydroxylation is 1. The summed E-state index contributed by atoms with van der Waals surface area (Å²) >= 11 is 3.35. The SMILES string of the molecule is Cn1nnc(S(=O)(=O)NC(=O)[C@@H]2C[C@H]2c2ccc(Br)cc2)n1. The van der Waals surface area contributed by atoms with E-state index in [2.05, 4.69) is 31.3 Å². The second-order valence-electron chi connectivity index (χ2n) is 5.03. The maximum atomic E-state index is 12.1. The van der Waals surface area contributed by atoms with Crippen LogP contribution in [0.25, 0.3) is 0 Å². The Morgan fingerprint density at radius 2 is 2.05 bits per heavy atom. The van der Waals surface area contributed by atoms with Crippen LogP contribution >= 0.6 is 15.9 Å². The molecule has 1 aliphatic rings. The van der Waals surface area contributed by atoms with Crippen LogP contribution in [-0.4, -0.2) is 34.5 Å². The lowest BCUT2D eigenvalue weighted by Gasteiger charge is -2.03. The van der Waals surface area contributed by atoms with Gasteiger partial charge in [0.25, 0.3) is 0 Å². The van der Waals surface area contributed by atoms with Gasteiger partial charge in [-0.3, -0.25) is 4.79 Å². The molecule has 0 spiro atoms. The van der Waals surface area contributed by atoms with Crippen molar-refractivity contribution in [3.05, 3.63) is 34.3 Å². The Bertz CT molecular complexity index is 818. The van der Waals surface area contributed by atoms with Gasteiger partial charge in [0.2, 0.25) is 5.91 Å². The van der Waals surface area contributed by atoms with Gasteiger partial charge in [-0.2, -0.15) is 13.2 Å². The van der Waals surface area contributed by atoms with Crippen molar-refractivity contribution in [2.45, 2.75) is 17.5 Å². The lowest BCUT2D eigenvalue weighted by molar-refractivity contribution is -0.120. The highest BCUT2D eigenvalue weighted by Crippen LogP contribution is 2.47. The van der Waals surface area contributed by atoms with Gasteiger partial charge in [-0.05, 0) is 35.2 Å². The standard InChI is InChI=1S/C12H12BrN5O3S/c1-18-15-12(14-17-18)22(20,21)16-11(19)10-6-9(10)7-2-4-8(13)5-3-7/h2-5,9-10H,6H2,1H3,(H,16,19)/t9-,10+/m0/s1. The number of nitrogens with zero attached hydrogens (tertiary/aromatic N) is 4. The van der Waals surface area contributed by atoms with Crippen LogP contribution in [0.5, 0.6) is 0 Å². The molecule has 22 heavy (non-hydrogen) atoms. The number of hydrogen-bond donors (Lipinski definition) is 1. The molecule has 1 N–H and O–H groups in total.